The SMILES string of the molecule is O=S(=O)(c1ccccc1)N1CCN([C@H](c2ccccc2)c2ccc(Cl)cc2)CC1. The summed E-state index contributed by atoms with van der Waals surface area (Å²) in [5.41, 5.74) is 2.34. The predicted molar refractivity (Wildman–Crippen MR) is 117 cm³/mol. The number of piperazine rings is 1. The van der Waals surface area contributed by atoms with Gasteiger partial charge in [-0.15, -0.1) is 0 Å². The van der Waals surface area contributed by atoms with Gasteiger partial charge in [0.25, 0.3) is 0 Å². The van der Waals surface area contributed by atoms with Crippen molar-refractivity contribution in [2.24, 2.45) is 0 Å². The fraction of sp³-hybridized carbons (Fsp3) is 0.217. The molecule has 1 heterocycles. The molecule has 0 bridgehead atoms. The Bertz CT molecular complexity index is 1030. The molecule has 4 rings (SSSR count). The largest absolute Gasteiger partial charge is 0.290 e. The van der Waals surface area contributed by atoms with Gasteiger partial charge in [-0.1, -0.05) is 72.3 Å². The van der Waals surface area contributed by atoms with Crippen molar-refractivity contribution in [1.82, 2.24) is 9.21 Å². The van der Waals surface area contributed by atoms with Crippen LogP contribution in [-0.4, -0.2) is 43.8 Å². The van der Waals surface area contributed by atoms with Crippen molar-refractivity contribution in [3.63, 3.8) is 0 Å². The van der Waals surface area contributed by atoms with Gasteiger partial charge in [0.2, 0.25) is 10.0 Å². The van der Waals surface area contributed by atoms with Gasteiger partial charge in [0.1, 0.15) is 0 Å². The van der Waals surface area contributed by atoms with Crippen LogP contribution in [0.2, 0.25) is 5.02 Å². The molecule has 0 spiro atoms. The molecule has 29 heavy (non-hydrogen) atoms. The standard InChI is InChI=1S/C23H23ClN2O2S/c24-21-13-11-20(12-14-21)23(19-7-3-1-4-8-19)25-15-17-26(18-16-25)29(27,28)22-9-5-2-6-10-22/h1-14,23H,15-18H2/t23-/m1/s1. The molecule has 0 radical (unpaired) electrons. The Balaban J connectivity index is 1.56. The van der Waals surface area contributed by atoms with Crippen molar-refractivity contribution in [3.05, 3.63) is 101 Å². The average Bonchev–Trinajstić information content (AvgIpc) is 2.77. The molecule has 0 aliphatic carbocycles. The number of nitrogens with zero attached hydrogens (tertiary/aromatic N) is 2. The van der Waals surface area contributed by atoms with Crippen molar-refractivity contribution in [2.75, 3.05) is 26.2 Å². The van der Waals surface area contributed by atoms with Crippen LogP contribution < -0.4 is 0 Å². The van der Waals surface area contributed by atoms with Gasteiger partial charge in [0, 0.05) is 31.2 Å². The molecule has 0 unspecified atom stereocenters. The molecule has 6 heteroatoms. The maximum absolute atomic E-state index is 12.9. The second-order valence-corrected chi connectivity index (χ2v) is 9.49. The molecule has 3 aromatic rings. The number of hydrogen-bond donors (Lipinski definition) is 0. The van der Waals surface area contributed by atoms with Gasteiger partial charge in [-0.3, -0.25) is 4.90 Å². The Morgan fingerprint density at radius 3 is 1.79 bits per heavy atom. The smallest absolute Gasteiger partial charge is 0.243 e. The Hall–Kier alpha value is -2.18. The first-order valence-corrected chi connectivity index (χ1v) is 11.5. The third-order valence-electron chi connectivity index (χ3n) is 5.32. The summed E-state index contributed by atoms with van der Waals surface area (Å²) in [6.07, 6.45) is 0. The third kappa shape index (κ3) is 4.38. The number of sulfonamides is 1. The minimum absolute atomic E-state index is 0.0649. The Kier molecular flexibility index (Phi) is 6.01. The molecule has 0 amide bonds. The van der Waals surface area contributed by atoms with Gasteiger partial charge in [-0.25, -0.2) is 8.42 Å². The van der Waals surface area contributed by atoms with Crippen LogP contribution in [0.25, 0.3) is 0 Å². The molecule has 1 atom stereocenters. The van der Waals surface area contributed by atoms with E-state index in [2.05, 4.69) is 17.0 Å². The first kappa shape index (κ1) is 20.1. The van der Waals surface area contributed by atoms with Gasteiger partial charge in [-0.2, -0.15) is 4.31 Å². The molecule has 1 saturated heterocycles. The summed E-state index contributed by atoms with van der Waals surface area (Å²) in [5.74, 6) is 0. The Labute approximate surface area is 177 Å². The predicted octanol–water partition coefficient (Wildman–Crippen LogP) is 4.44. The summed E-state index contributed by atoms with van der Waals surface area (Å²) in [7, 11) is -3.46. The van der Waals surface area contributed by atoms with E-state index in [-0.39, 0.29) is 6.04 Å². The normalized spacial score (nSPS) is 17.1. The number of hydrogen-bond acceptors (Lipinski definition) is 3. The molecule has 1 aliphatic rings. The summed E-state index contributed by atoms with van der Waals surface area (Å²) in [6.45, 7) is 2.25. The monoisotopic (exact) mass is 426 g/mol. The minimum atomic E-state index is -3.46. The molecule has 0 aromatic heterocycles. The van der Waals surface area contributed by atoms with Gasteiger partial charge in [0.05, 0.1) is 10.9 Å². The number of rotatable bonds is 5. The topological polar surface area (TPSA) is 40.6 Å². The summed E-state index contributed by atoms with van der Waals surface area (Å²) in [6, 6.07) is 26.9. The molecule has 4 nitrogen and oxygen atoms in total. The van der Waals surface area contributed by atoms with Crippen molar-refractivity contribution in [3.8, 4) is 0 Å². The number of halogens is 1. The van der Waals surface area contributed by atoms with Crippen LogP contribution in [0.15, 0.2) is 89.8 Å². The second kappa shape index (κ2) is 8.67. The maximum Gasteiger partial charge on any atom is 0.243 e. The van der Waals surface area contributed by atoms with E-state index in [0.717, 1.165) is 5.56 Å². The van der Waals surface area contributed by atoms with Crippen LogP contribution in [-0.2, 0) is 10.0 Å². The van der Waals surface area contributed by atoms with Crippen molar-refractivity contribution in [2.45, 2.75) is 10.9 Å². The van der Waals surface area contributed by atoms with Crippen LogP contribution >= 0.6 is 11.6 Å². The second-order valence-electron chi connectivity index (χ2n) is 7.12. The molecular formula is C23H23ClN2O2S. The van der Waals surface area contributed by atoms with Crippen LogP contribution in [0.5, 0.6) is 0 Å². The summed E-state index contributed by atoms with van der Waals surface area (Å²) >= 11 is 6.09. The van der Waals surface area contributed by atoms with E-state index in [1.165, 1.54) is 5.56 Å². The zero-order chi connectivity index (χ0) is 20.3. The van der Waals surface area contributed by atoms with Crippen LogP contribution in [0.3, 0.4) is 0 Å². The van der Waals surface area contributed by atoms with Crippen LogP contribution in [0.4, 0.5) is 0 Å². The van der Waals surface area contributed by atoms with Crippen molar-refractivity contribution < 1.29 is 8.42 Å². The minimum Gasteiger partial charge on any atom is -0.290 e. The Morgan fingerprint density at radius 1 is 0.690 bits per heavy atom. The molecule has 1 aliphatic heterocycles. The lowest BCUT2D eigenvalue weighted by atomic mass is 9.96. The van der Waals surface area contributed by atoms with Gasteiger partial charge < -0.3 is 0 Å². The lowest BCUT2D eigenvalue weighted by Crippen LogP contribution is -2.49. The van der Waals surface area contributed by atoms with E-state index < -0.39 is 10.0 Å². The van der Waals surface area contributed by atoms with E-state index in [1.807, 2.05) is 48.5 Å². The molecular weight excluding hydrogens is 404 g/mol. The highest BCUT2D eigenvalue weighted by molar-refractivity contribution is 7.89. The van der Waals surface area contributed by atoms with Gasteiger partial charge >= 0.3 is 0 Å². The first-order chi connectivity index (χ1) is 14.1. The first-order valence-electron chi connectivity index (χ1n) is 9.65. The zero-order valence-corrected chi connectivity index (χ0v) is 17.6. The van der Waals surface area contributed by atoms with E-state index in [4.69, 9.17) is 11.6 Å². The maximum atomic E-state index is 12.9. The highest BCUT2D eigenvalue weighted by atomic mass is 35.5. The van der Waals surface area contributed by atoms with Gasteiger partial charge in [-0.05, 0) is 35.4 Å². The quantitative estimate of drug-likeness (QED) is 0.605. The lowest BCUT2D eigenvalue weighted by molar-refractivity contribution is 0.156. The molecule has 0 saturated carbocycles. The van der Waals surface area contributed by atoms with Crippen molar-refractivity contribution >= 4 is 21.6 Å². The zero-order valence-electron chi connectivity index (χ0n) is 16.0. The van der Waals surface area contributed by atoms with E-state index >= 15 is 0 Å². The van der Waals surface area contributed by atoms with E-state index in [0.29, 0.717) is 36.1 Å². The highest BCUT2D eigenvalue weighted by Gasteiger charge is 2.32. The molecule has 150 valence electrons. The van der Waals surface area contributed by atoms with Crippen LogP contribution in [0, 0.1) is 0 Å². The molecule has 3 aromatic carbocycles. The Morgan fingerprint density at radius 2 is 1.21 bits per heavy atom. The summed E-state index contributed by atoms with van der Waals surface area (Å²) in [4.78, 5) is 2.70. The third-order valence-corrected chi connectivity index (χ3v) is 7.49. The number of benzene rings is 3. The average molecular weight is 427 g/mol. The van der Waals surface area contributed by atoms with Gasteiger partial charge in [0.15, 0.2) is 0 Å². The highest BCUT2D eigenvalue weighted by Crippen LogP contribution is 2.31. The fourth-order valence-corrected chi connectivity index (χ4v) is 5.41. The van der Waals surface area contributed by atoms with Crippen molar-refractivity contribution in [1.29, 1.82) is 0 Å². The summed E-state index contributed by atoms with van der Waals surface area (Å²) in [5, 5.41) is 0.708. The van der Waals surface area contributed by atoms with E-state index in [1.54, 1.807) is 28.6 Å². The lowest BCUT2D eigenvalue weighted by Gasteiger charge is -2.39. The fourth-order valence-electron chi connectivity index (χ4n) is 3.84. The van der Waals surface area contributed by atoms with Crippen LogP contribution in [0.1, 0.15) is 17.2 Å². The summed E-state index contributed by atoms with van der Waals surface area (Å²) < 4.78 is 27.5. The molecule has 0 N–H and O–H groups in total. The molecule has 1 fully saturated rings. The van der Waals surface area contributed by atoms with E-state index in [9.17, 15) is 8.42 Å².